The Labute approximate surface area is 196 Å². The van der Waals surface area contributed by atoms with Crippen molar-refractivity contribution in [2.75, 3.05) is 0 Å². The van der Waals surface area contributed by atoms with Gasteiger partial charge < -0.3 is 9.52 Å². The van der Waals surface area contributed by atoms with Gasteiger partial charge >= 0.3 is 0 Å². The second kappa shape index (κ2) is 9.27. The Bertz CT molecular complexity index is 1160. The first-order valence-electron chi connectivity index (χ1n) is 12.0. The summed E-state index contributed by atoms with van der Waals surface area (Å²) in [4.78, 5) is 5.13. The summed E-state index contributed by atoms with van der Waals surface area (Å²) in [5, 5.41) is 9.93. The van der Waals surface area contributed by atoms with E-state index in [0.717, 1.165) is 47.7 Å². The van der Waals surface area contributed by atoms with Gasteiger partial charge in [-0.25, -0.2) is 4.98 Å². The molecule has 2 unspecified atom stereocenters. The minimum Gasteiger partial charge on any atom is -0.508 e. The first kappa shape index (κ1) is 21.5. The lowest BCUT2D eigenvalue weighted by Gasteiger charge is -2.29. The number of hydrogen-bond acceptors (Lipinski definition) is 3. The van der Waals surface area contributed by atoms with Crippen LogP contribution in [0.3, 0.4) is 0 Å². The molecule has 0 spiro atoms. The Morgan fingerprint density at radius 1 is 0.848 bits per heavy atom. The zero-order valence-corrected chi connectivity index (χ0v) is 19.4. The van der Waals surface area contributed by atoms with Gasteiger partial charge in [-0.3, -0.25) is 0 Å². The van der Waals surface area contributed by atoms with Crippen LogP contribution in [0.1, 0.15) is 54.2 Å². The van der Waals surface area contributed by atoms with E-state index in [4.69, 9.17) is 9.40 Å². The van der Waals surface area contributed by atoms with E-state index in [1.165, 1.54) is 29.5 Å². The average Bonchev–Trinajstić information content (AvgIpc) is 3.26. The predicted molar refractivity (Wildman–Crippen MR) is 133 cm³/mol. The maximum Gasteiger partial charge on any atom is 0.198 e. The molecule has 1 heterocycles. The van der Waals surface area contributed by atoms with Crippen molar-refractivity contribution in [3.63, 3.8) is 0 Å². The normalized spacial score (nSPS) is 18.4. The summed E-state index contributed by atoms with van der Waals surface area (Å²) in [7, 11) is 0. The number of benzene rings is 3. The van der Waals surface area contributed by atoms with Gasteiger partial charge in [-0.2, -0.15) is 0 Å². The van der Waals surface area contributed by atoms with Gasteiger partial charge in [0.25, 0.3) is 0 Å². The summed E-state index contributed by atoms with van der Waals surface area (Å²) in [5.41, 5.74) is 6.72. The molecule has 0 saturated heterocycles. The van der Waals surface area contributed by atoms with Gasteiger partial charge in [-0.1, -0.05) is 84.6 Å². The first-order chi connectivity index (χ1) is 16.1. The second-order valence-electron chi connectivity index (χ2n) is 9.49. The molecular formula is C30H31NO2. The highest BCUT2D eigenvalue weighted by atomic mass is 16.4. The number of hydrogen-bond donors (Lipinski definition) is 1. The molecule has 1 N–H and O–H groups in total. The molecule has 168 valence electrons. The molecule has 33 heavy (non-hydrogen) atoms. The number of phenolic OH excluding ortho intramolecular Hbond substituents is 1. The maximum absolute atomic E-state index is 9.93. The average molecular weight is 438 g/mol. The quantitative estimate of drug-likeness (QED) is 0.346. The van der Waals surface area contributed by atoms with Gasteiger partial charge in [0.2, 0.25) is 0 Å². The zero-order chi connectivity index (χ0) is 22.8. The molecule has 1 aromatic heterocycles. The zero-order valence-electron chi connectivity index (χ0n) is 19.4. The molecule has 0 bridgehead atoms. The van der Waals surface area contributed by atoms with E-state index in [2.05, 4.69) is 68.4 Å². The van der Waals surface area contributed by atoms with Crippen LogP contribution in [-0.4, -0.2) is 10.1 Å². The number of rotatable bonds is 5. The van der Waals surface area contributed by atoms with Crippen molar-refractivity contribution in [3.8, 4) is 28.3 Å². The molecule has 1 aliphatic carbocycles. The fourth-order valence-corrected chi connectivity index (χ4v) is 5.07. The summed E-state index contributed by atoms with van der Waals surface area (Å²) in [6.07, 6.45) is 5.61. The molecule has 4 aromatic rings. The van der Waals surface area contributed by atoms with Crippen LogP contribution in [0.5, 0.6) is 5.75 Å². The molecule has 1 saturated carbocycles. The van der Waals surface area contributed by atoms with Gasteiger partial charge in [-0.05, 0) is 56.7 Å². The summed E-state index contributed by atoms with van der Waals surface area (Å²) < 4.78 is 6.60. The molecule has 0 aliphatic heterocycles. The third kappa shape index (κ3) is 4.73. The van der Waals surface area contributed by atoms with Crippen LogP contribution in [0.2, 0.25) is 0 Å². The van der Waals surface area contributed by atoms with Crippen molar-refractivity contribution >= 4 is 0 Å². The van der Waals surface area contributed by atoms with Crippen molar-refractivity contribution < 1.29 is 9.52 Å². The number of phenols is 1. The van der Waals surface area contributed by atoms with Crippen LogP contribution >= 0.6 is 0 Å². The van der Waals surface area contributed by atoms with Crippen LogP contribution in [0.15, 0.2) is 77.2 Å². The van der Waals surface area contributed by atoms with Gasteiger partial charge in [0.05, 0.1) is 0 Å². The van der Waals surface area contributed by atoms with Gasteiger partial charge in [0.1, 0.15) is 11.4 Å². The van der Waals surface area contributed by atoms with E-state index in [9.17, 15) is 5.11 Å². The van der Waals surface area contributed by atoms with Crippen LogP contribution in [0.4, 0.5) is 0 Å². The standard InChI is InChI=1S/C30H31NO2/c1-20-10-14-23(15-11-20)28-29(24-16-12-21(2)13-17-24)33-30(31-28)27-9-4-3-7-25(27)18-22-6-5-8-26(32)19-22/h5-6,8,10-17,19,25,27,32H,3-4,7,9,18H2,1-2H3. The lowest BCUT2D eigenvalue weighted by molar-refractivity contribution is 0.265. The van der Waals surface area contributed by atoms with E-state index < -0.39 is 0 Å². The number of nitrogens with zero attached hydrogens (tertiary/aromatic N) is 1. The second-order valence-corrected chi connectivity index (χ2v) is 9.49. The Morgan fingerprint density at radius 3 is 2.21 bits per heavy atom. The molecule has 5 rings (SSSR count). The number of oxazole rings is 1. The number of aryl methyl sites for hydroxylation is 2. The van der Waals surface area contributed by atoms with Gasteiger partial charge in [0.15, 0.2) is 11.7 Å². The van der Waals surface area contributed by atoms with Crippen molar-refractivity contribution in [2.45, 2.75) is 51.9 Å². The highest BCUT2D eigenvalue weighted by Crippen LogP contribution is 2.43. The Morgan fingerprint density at radius 2 is 1.52 bits per heavy atom. The fourth-order valence-electron chi connectivity index (χ4n) is 5.07. The maximum atomic E-state index is 9.93. The highest BCUT2D eigenvalue weighted by molar-refractivity contribution is 5.77. The molecule has 3 heteroatoms. The number of aromatic nitrogens is 1. The van der Waals surface area contributed by atoms with Crippen LogP contribution in [-0.2, 0) is 6.42 Å². The smallest absolute Gasteiger partial charge is 0.198 e. The topological polar surface area (TPSA) is 46.3 Å². The minimum absolute atomic E-state index is 0.282. The Kier molecular flexibility index (Phi) is 6.04. The van der Waals surface area contributed by atoms with E-state index in [1.54, 1.807) is 6.07 Å². The largest absolute Gasteiger partial charge is 0.508 e. The summed E-state index contributed by atoms with van der Waals surface area (Å²) in [6.45, 7) is 4.21. The van der Waals surface area contributed by atoms with E-state index in [1.807, 2.05) is 12.1 Å². The highest BCUT2D eigenvalue weighted by Gasteiger charge is 2.32. The first-order valence-corrected chi connectivity index (χ1v) is 12.0. The third-order valence-electron chi connectivity index (χ3n) is 6.92. The molecular weight excluding hydrogens is 406 g/mol. The van der Waals surface area contributed by atoms with Crippen molar-refractivity contribution in [2.24, 2.45) is 5.92 Å². The fraction of sp³-hybridized carbons (Fsp3) is 0.300. The molecule has 0 radical (unpaired) electrons. The van der Waals surface area contributed by atoms with Crippen LogP contribution < -0.4 is 0 Å². The SMILES string of the molecule is Cc1ccc(-c2nc(C3CCCCC3Cc3cccc(O)c3)oc2-c2ccc(C)cc2)cc1. The summed E-state index contributed by atoms with van der Waals surface area (Å²) >= 11 is 0. The molecule has 0 amide bonds. The summed E-state index contributed by atoms with van der Waals surface area (Å²) in [6, 6.07) is 24.7. The van der Waals surface area contributed by atoms with E-state index in [-0.39, 0.29) is 5.92 Å². The molecule has 1 fully saturated rings. The molecule has 3 aromatic carbocycles. The Hall–Kier alpha value is -3.33. The lowest BCUT2D eigenvalue weighted by Crippen LogP contribution is -2.20. The number of aromatic hydroxyl groups is 1. The minimum atomic E-state index is 0.282. The van der Waals surface area contributed by atoms with Gasteiger partial charge in [0, 0.05) is 17.0 Å². The van der Waals surface area contributed by atoms with Crippen molar-refractivity contribution in [1.29, 1.82) is 0 Å². The van der Waals surface area contributed by atoms with Crippen molar-refractivity contribution in [1.82, 2.24) is 4.98 Å². The molecule has 1 aliphatic rings. The molecule has 2 atom stereocenters. The molecule has 3 nitrogen and oxygen atoms in total. The van der Waals surface area contributed by atoms with E-state index >= 15 is 0 Å². The monoisotopic (exact) mass is 437 g/mol. The van der Waals surface area contributed by atoms with Crippen molar-refractivity contribution in [3.05, 3.63) is 95.4 Å². The summed E-state index contributed by atoms with van der Waals surface area (Å²) in [5.74, 6) is 2.78. The van der Waals surface area contributed by atoms with E-state index in [0.29, 0.717) is 11.7 Å². The lowest BCUT2D eigenvalue weighted by atomic mass is 9.76. The Balaban J connectivity index is 1.54. The van der Waals surface area contributed by atoms with Crippen LogP contribution in [0, 0.1) is 19.8 Å². The van der Waals surface area contributed by atoms with Gasteiger partial charge in [-0.15, -0.1) is 0 Å². The predicted octanol–water partition coefficient (Wildman–Crippen LogP) is 7.85. The third-order valence-corrected chi connectivity index (χ3v) is 6.92. The van der Waals surface area contributed by atoms with Crippen LogP contribution in [0.25, 0.3) is 22.6 Å².